The molecule has 6 N–H and O–H groups in total. The van der Waals surface area contributed by atoms with Crippen LogP contribution >= 0.6 is 0 Å². The number of amides is 1. The van der Waals surface area contributed by atoms with E-state index in [2.05, 4.69) is 22.1 Å². The summed E-state index contributed by atoms with van der Waals surface area (Å²) in [6.45, 7) is 7.79. The maximum Gasteiger partial charge on any atom is 0.281 e. The lowest BCUT2D eigenvalue weighted by Gasteiger charge is -2.44. The fourth-order valence-corrected chi connectivity index (χ4v) is 5.51. The van der Waals surface area contributed by atoms with E-state index in [0.29, 0.717) is 66.8 Å². The van der Waals surface area contributed by atoms with Gasteiger partial charge in [0.2, 0.25) is 5.79 Å². The van der Waals surface area contributed by atoms with E-state index in [4.69, 9.17) is 14.5 Å². The highest BCUT2D eigenvalue weighted by atomic mass is 19.1. The molecule has 0 atom stereocenters. The molecule has 0 unspecified atom stereocenters. The number of aromatic nitrogens is 1. The van der Waals surface area contributed by atoms with Gasteiger partial charge in [-0.05, 0) is 67.6 Å². The van der Waals surface area contributed by atoms with E-state index in [9.17, 15) is 29.6 Å². The van der Waals surface area contributed by atoms with Crippen LogP contribution in [0.5, 0.6) is 11.5 Å². The normalized spacial score (nSPS) is 15.8. The molecule has 1 aromatic heterocycles. The second kappa shape index (κ2) is 12.9. The van der Waals surface area contributed by atoms with E-state index < -0.39 is 23.4 Å². The standard InChI is InChI=1S/C34H36FN5O7/c1-21(22-5-10-30-31(18-22)47-16-15-46-30)36-25-7-8-27(35)29(19-25)38-32(41)24-4-9-28-23(17-24)3-6-26(37-28)20-39-11-13-40(14-12-39)34(44,45)33(2,42)43/h3-10,17-19,36,42-45H,1,11-16,20H2,2H3,(H,38,41). The molecular formula is C34H36FN5O7. The minimum Gasteiger partial charge on any atom is -0.486 e. The topological polar surface area (TPSA) is 160 Å². The molecule has 2 aliphatic heterocycles. The Kier molecular flexibility index (Phi) is 8.85. The Morgan fingerprint density at radius 2 is 1.62 bits per heavy atom. The Morgan fingerprint density at radius 3 is 2.36 bits per heavy atom. The lowest BCUT2D eigenvalue weighted by atomic mass is 10.1. The van der Waals surface area contributed by atoms with E-state index >= 15 is 0 Å². The first kappa shape index (κ1) is 32.3. The molecule has 6 rings (SSSR count). The van der Waals surface area contributed by atoms with Crippen molar-refractivity contribution < 1.29 is 39.1 Å². The number of carbonyl (C=O) groups excluding carboxylic acids is 1. The van der Waals surface area contributed by atoms with E-state index in [-0.39, 0.29) is 18.8 Å². The lowest BCUT2D eigenvalue weighted by Crippen LogP contribution is -2.67. The van der Waals surface area contributed by atoms with Gasteiger partial charge in [0.15, 0.2) is 11.5 Å². The van der Waals surface area contributed by atoms with Crippen molar-refractivity contribution in [3.8, 4) is 11.5 Å². The van der Waals surface area contributed by atoms with Crippen LogP contribution in [0, 0.1) is 5.82 Å². The average Bonchev–Trinajstić information content (AvgIpc) is 3.05. The molecular weight excluding hydrogens is 609 g/mol. The van der Waals surface area contributed by atoms with Crippen molar-refractivity contribution >= 4 is 33.9 Å². The van der Waals surface area contributed by atoms with Crippen LogP contribution in [0.25, 0.3) is 16.6 Å². The second-order valence-corrected chi connectivity index (χ2v) is 11.7. The first-order valence-corrected chi connectivity index (χ1v) is 15.1. The van der Waals surface area contributed by atoms with Gasteiger partial charge in [-0.1, -0.05) is 12.6 Å². The van der Waals surface area contributed by atoms with Gasteiger partial charge >= 0.3 is 0 Å². The molecule has 1 saturated heterocycles. The van der Waals surface area contributed by atoms with Gasteiger partial charge in [0.05, 0.1) is 16.9 Å². The molecule has 3 aromatic carbocycles. The fourth-order valence-electron chi connectivity index (χ4n) is 5.51. The summed E-state index contributed by atoms with van der Waals surface area (Å²) in [6.07, 6.45) is 0. The molecule has 13 heteroatoms. The number of carbonyl (C=O) groups is 1. The number of piperazine rings is 1. The predicted molar refractivity (Wildman–Crippen MR) is 173 cm³/mol. The summed E-state index contributed by atoms with van der Waals surface area (Å²) in [5, 5.41) is 46.2. The minimum atomic E-state index is -2.76. The van der Waals surface area contributed by atoms with Crippen LogP contribution in [0.4, 0.5) is 15.8 Å². The number of nitrogens with zero attached hydrogens (tertiary/aromatic N) is 3. The Balaban J connectivity index is 1.08. The van der Waals surface area contributed by atoms with Crippen molar-refractivity contribution in [1.82, 2.24) is 14.8 Å². The highest BCUT2D eigenvalue weighted by Gasteiger charge is 2.49. The van der Waals surface area contributed by atoms with Crippen LogP contribution < -0.4 is 20.1 Å². The van der Waals surface area contributed by atoms with Crippen molar-refractivity contribution in [1.29, 1.82) is 0 Å². The van der Waals surface area contributed by atoms with Gasteiger partial charge in [-0.15, -0.1) is 0 Å². The summed E-state index contributed by atoms with van der Waals surface area (Å²) in [7, 11) is 0. The first-order chi connectivity index (χ1) is 22.4. The zero-order valence-electron chi connectivity index (χ0n) is 25.7. The number of fused-ring (bicyclic) bond motifs is 2. The van der Waals surface area contributed by atoms with E-state index in [1.54, 1.807) is 24.3 Å². The summed E-state index contributed by atoms with van der Waals surface area (Å²) in [5.41, 5.74) is 3.65. The number of pyridine rings is 1. The lowest BCUT2D eigenvalue weighted by molar-refractivity contribution is -0.408. The number of benzene rings is 3. The van der Waals surface area contributed by atoms with Crippen molar-refractivity contribution in [2.24, 2.45) is 0 Å². The Labute approximate surface area is 270 Å². The molecule has 0 aliphatic carbocycles. The SMILES string of the molecule is C=C(Nc1ccc(F)c(NC(=O)c2ccc3nc(CN4CCN(C(O)(O)C(C)(O)O)CC4)ccc3c2)c1)c1ccc2c(c1)OCCO2. The quantitative estimate of drug-likeness (QED) is 0.149. The first-order valence-electron chi connectivity index (χ1n) is 15.1. The number of hydrogen-bond donors (Lipinski definition) is 6. The van der Waals surface area contributed by atoms with Crippen LogP contribution in [0.2, 0.25) is 0 Å². The summed E-state index contributed by atoms with van der Waals surface area (Å²) in [4.78, 5) is 21.1. The number of aliphatic hydroxyl groups is 4. The van der Waals surface area contributed by atoms with Crippen LogP contribution in [-0.2, 0) is 6.54 Å². The smallest absolute Gasteiger partial charge is 0.281 e. The average molecular weight is 646 g/mol. The minimum absolute atomic E-state index is 0.00545. The number of anilines is 2. The largest absolute Gasteiger partial charge is 0.486 e. The van der Waals surface area contributed by atoms with Gasteiger partial charge in [0.1, 0.15) is 19.0 Å². The zero-order chi connectivity index (χ0) is 33.3. The number of rotatable bonds is 9. The molecule has 3 heterocycles. The van der Waals surface area contributed by atoms with Gasteiger partial charge in [-0.3, -0.25) is 14.7 Å². The molecule has 0 radical (unpaired) electrons. The fraction of sp³-hybridized carbons (Fsp3) is 0.294. The van der Waals surface area contributed by atoms with E-state index in [1.165, 1.54) is 17.0 Å². The monoisotopic (exact) mass is 645 g/mol. The highest BCUT2D eigenvalue weighted by Crippen LogP contribution is 2.33. The van der Waals surface area contributed by atoms with Gasteiger partial charge in [0, 0.05) is 60.6 Å². The molecule has 0 spiro atoms. The van der Waals surface area contributed by atoms with Gasteiger partial charge in [0.25, 0.3) is 11.8 Å². The van der Waals surface area contributed by atoms with Crippen molar-refractivity contribution in [3.63, 3.8) is 0 Å². The highest BCUT2D eigenvalue weighted by molar-refractivity contribution is 6.06. The molecule has 12 nitrogen and oxygen atoms in total. The summed E-state index contributed by atoms with van der Waals surface area (Å²) >= 11 is 0. The summed E-state index contributed by atoms with van der Waals surface area (Å²) in [6, 6.07) is 18.5. The van der Waals surface area contributed by atoms with Crippen LogP contribution in [0.3, 0.4) is 0 Å². The third-order valence-electron chi connectivity index (χ3n) is 8.24. The third-order valence-corrected chi connectivity index (χ3v) is 8.24. The van der Waals surface area contributed by atoms with Gasteiger partial charge in [-0.2, -0.15) is 0 Å². The molecule has 1 fully saturated rings. The Bertz CT molecular complexity index is 1820. The van der Waals surface area contributed by atoms with E-state index in [1.807, 2.05) is 30.3 Å². The molecule has 0 bridgehead atoms. The van der Waals surface area contributed by atoms with Crippen molar-refractivity contribution in [2.75, 3.05) is 50.0 Å². The summed E-state index contributed by atoms with van der Waals surface area (Å²) < 4.78 is 26.0. The molecule has 4 aromatic rings. The molecule has 246 valence electrons. The van der Waals surface area contributed by atoms with E-state index in [0.717, 1.165) is 23.6 Å². The predicted octanol–water partition coefficient (Wildman–Crippen LogP) is 2.94. The Morgan fingerprint density at radius 1 is 0.894 bits per heavy atom. The number of halogens is 1. The molecule has 2 aliphatic rings. The van der Waals surface area contributed by atoms with Crippen LogP contribution in [0.1, 0.15) is 28.5 Å². The number of nitrogens with one attached hydrogen (secondary N) is 2. The molecule has 1 amide bonds. The number of hydrogen-bond acceptors (Lipinski definition) is 11. The Hall–Kier alpha value is -4.63. The maximum atomic E-state index is 14.8. The van der Waals surface area contributed by atoms with Crippen LogP contribution in [-0.4, -0.2) is 92.2 Å². The molecule has 0 saturated carbocycles. The van der Waals surface area contributed by atoms with Crippen molar-refractivity contribution in [2.45, 2.75) is 25.2 Å². The van der Waals surface area contributed by atoms with Crippen molar-refractivity contribution in [3.05, 3.63) is 95.9 Å². The van der Waals surface area contributed by atoms with Gasteiger partial charge in [-0.25, -0.2) is 9.29 Å². The van der Waals surface area contributed by atoms with Crippen LogP contribution in [0.15, 0.2) is 73.3 Å². The summed E-state index contributed by atoms with van der Waals surface area (Å²) in [5.74, 6) is -5.24. The third kappa shape index (κ3) is 7.05. The van der Waals surface area contributed by atoms with Gasteiger partial charge < -0.3 is 40.5 Å². The second-order valence-electron chi connectivity index (χ2n) is 11.7. The molecule has 47 heavy (non-hydrogen) atoms. The number of ether oxygens (including phenoxy) is 2. The maximum absolute atomic E-state index is 14.8. The zero-order valence-corrected chi connectivity index (χ0v) is 25.7.